The fourth-order valence-corrected chi connectivity index (χ4v) is 3.66. The number of nitrogens with zero attached hydrogens (tertiary/aromatic N) is 2. The van der Waals surface area contributed by atoms with Gasteiger partial charge < -0.3 is 19.8 Å². The van der Waals surface area contributed by atoms with Crippen LogP contribution < -0.4 is 9.64 Å². The molecule has 23 heavy (non-hydrogen) atoms. The van der Waals surface area contributed by atoms with Crippen molar-refractivity contribution < 1.29 is 14.9 Å². The molecule has 2 heterocycles. The molecule has 0 saturated carbocycles. The maximum Gasteiger partial charge on any atom is 0.119 e. The predicted octanol–water partition coefficient (Wildman–Crippen LogP) is 1.48. The van der Waals surface area contributed by atoms with Crippen LogP contribution in [0.15, 0.2) is 24.3 Å². The number of hydrogen-bond acceptors (Lipinski definition) is 5. The van der Waals surface area contributed by atoms with E-state index < -0.39 is 11.7 Å². The van der Waals surface area contributed by atoms with E-state index in [1.165, 1.54) is 5.69 Å². The summed E-state index contributed by atoms with van der Waals surface area (Å²) in [5, 5.41) is 20.2. The highest BCUT2D eigenvalue weighted by atomic mass is 16.5. The lowest BCUT2D eigenvalue weighted by Crippen LogP contribution is -2.57. The van der Waals surface area contributed by atoms with E-state index in [1.54, 1.807) is 14.0 Å². The van der Waals surface area contributed by atoms with Gasteiger partial charge in [0, 0.05) is 37.9 Å². The van der Waals surface area contributed by atoms with Crippen LogP contribution in [-0.4, -0.2) is 66.1 Å². The van der Waals surface area contributed by atoms with Gasteiger partial charge in [-0.3, -0.25) is 4.90 Å². The van der Waals surface area contributed by atoms with Crippen LogP contribution in [0.3, 0.4) is 0 Å². The molecule has 2 saturated heterocycles. The Morgan fingerprint density at radius 1 is 1.13 bits per heavy atom. The van der Waals surface area contributed by atoms with E-state index in [9.17, 15) is 10.2 Å². The first-order valence-electron chi connectivity index (χ1n) is 8.53. The Morgan fingerprint density at radius 2 is 1.78 bits per heavy atom. The average Bonchev–Trinajstić information content (AvgIpc) is 2.58. The number of likely N-dealkylation sites (tertiary alicyclic amines) is 1. The van der Waals surface area contributed by atoms with Crippen molar-refractivity contribution in [2.45, 2.75) is 43.9 Å². The second kappa shape index (κ2) is 6.67. The molecule has 1 aromatic rings. The van der Waals surface area contributed by atoms with Crippen molar-refractivity contribution in [1.82, 2.24) is 4.90 Å². The van der Waals surface area contributed by atoms with Crippen LogP contribution in [0.25, 0.3) is 0 Å². The number of piperidine rings is 2. The zero-order valence-corrected chi connectivity index (χ0v) is 14.1. The van der Waals surface area contributed by atoms with Gasteiger partial charge in [-0.25, -0.2) is 0 Å². The molecule has 1 aromatic carbocycles. The number of aliphatic hydroxyl groups is 2. The summed E-state index contributed by atoms with van der Waals surface area (Å²) in [6.07, 6.45) is 2.20. The maximum absolute atomic E-state index is 10.1. The first-order chi connectivity index (χ1) is 11.0. The Balaban J connectivity index is 1.54. The minimum absolute atomic E-state index is 0.509. The van der Waals surface area contributed by atoms with E-state index in [2.05, 4.69) is 21.9 Å². The van der Waals surface area contributed by atoms with E-state index in [1.807, 2.05) is 12.1 Å². The zero-order chi connectivity index (χ0) is 16.4. The van der Waals surface area contributed by atoms with Gasteiger partial charge in [-0.1, -0.05) is 0 Å². The molecule has 2 aliphatic heterocycles. The van der Waals surface area contributed by atoms with Gasteiger partial charge in [0.05, 0.1) is 18.8 Å². The van der Waals surface area contributed by atoms with Crippen LogP contribution in [0.1, 0.15) is 26.2 Å². The monoisotopic (exact) mass is 320 g/mol. The Bertz CT molecular complexity index is 510. The lowest BCUT2D eigenvalue weighted by Gasteiger charge is -2.46. The van der Waals surface area contributed by atoms with Crippen LogP contribution in [0.2, 0.25) is 0 Å². The summed E-state index contributed by atoms with van der Waals surface area (Å²) in [6, 6.07) is 8.74. The van der Waals surface area contributed by atoms with Crippen LogP contribution >= 0.6 is 0 Å². The number of methoxy groups -OCH3 is 1. The fraction of sp³-hybridized carbons (Fsp3) is 0.667. The molecule has 2 atom stereocenters. The van der Waals surface area contributed by atoms with Crippen molar-refractivity contribution in [2.24, 2.45) is 0 Å². The highest BCUT2D eigenvalue weighted by Crippen LogP contribution is 2.28. The summed E-state index contributed by atoms with van der Waals surface area (Å²) < 4.78 is 5.21. The van der Waals surface area contributed by atoms with Gasteiger partial charge in [0.15, 0.2) is 0 Å². The molecule has 0 amide bonds. The number of hydrogen-bond donors (Lipinski definition) is 2. The lowest BCUT2D eigenvalue weighted by atomic mass is 9.88. The number of β-amino-alcohol motifs (C(OH)–C–C–N with tert-alkyl or cyclic N) is 1. The average molecular weight is 320 g/mol. The first kappa shape index (κ1) is 16.6. The molecule has 2 aliphatic rings. The van der Waals surface area contributed by atoms with Crippen molar-refractivity contribution in [3.8, 4) is 5.75 Å². The molecule has 0 bridgehead atoms. The molecule has 0 spiro atoms. The molecular formula is C18H28N2O3. The third-order valence-electron chi connectivity index (χ3n) is 5.45. The molecule has 2 N–H and O–H groups in total. The van der Waals surface area contributed by atoms with Crippen molar-refractivity contribution in [1.29, 1.82) is 0 Å². The maximum atomic E-state index is 10.1. The zero-order valence-electron chi connectivity index (χ0n) is 14.1. The quantitative estimate of drug-likeness (QED) is 0.883. The summed E-state index contributed by atoms with van der Waals surface area (Å²) in [4.78, 5) is 4.76. The van der Waals surface area contributed by atoms with Crippen molar-refractivity contribution in [3.63, 3.8) is 0 Å². The Hall–Kier alpha value is -1.30. The van der Waals surface area contributed by atoms with Gasteiger partial charge in [0.25, 0.3) is 0 Å². The third-order valence-corrected chi connectivity index (χ3v) is 5.45. The standard InChI is InChI=1S/C18H28N2O3/c1-18(22)9-12-20(13-17(18)21)15-7-10-19(11-8-15)14-3-5-16(23-2)6-4-14/h3-6,15,17,21-22H,7-13H2,1-2H3/t17-,18-/m1/s1. The highest BCUT2D eigenvalue weighted by molar-refractivity contribution is 5.49. The van der Waals surface area contributed by atoms with E-state index >= 15 is 0 Å². The van der Waals surface area contributed by atoms with Crippen molar-refractivity contribution in [2.75, 3.05) is 38.2 Å². The van der Waals surface area contributed by atoms with Gasteiger partial charge in [-0.05, 0) is 50.5 Å². The Kier molecular flexibility index (Phi) is 4.80. The lowest BCUT2D eigenvalue weighted by molar-refractivity contribution is -0.115. The predicted molar refractivity (Wildman–Crippen MR) is 91.0 cm³/mol. The van der Waals surface area contributed by atoms with E-state index in [0.29, 0.717) is 19.0 Å². The van der Waals surface area contributed by atoms with E-state index in [-0.39, 0.29) is 0 Å². The van der Waals surface area contributed by atoms with Gasteiger partial charge >= 0.3 is 0 Å². The highest BCUT2D eigenvalue weighted by Gasteiger charge is 2.38. The molecule has 3 rings (SSSR count). The van der Waals surface area contributed by atoms with E-state index in [4.69, 9.17) is 4.74 Å². The SMILES string of the molecule is COc1ccc(N2CCC(N3CC[C@@](C)(O)[C@H](O)C3)CC2)cc1. The van der Waals surface area contributed by atoms with Gasteiger partial charge in [0.1, 0.15) is 5.75 Å². The number of ether oxygens (including phenoxy) is 1. The number of benzene rings is 1. The van der Waals surface area contributed by atoms with Gasteiger partial charge in [-0.15, -0.1) is 0 Å². The summed E-state index contributed by atoms with van der Waals surface area (Å²) in [5.74, 6) is 0.887. The first-order valence-corrected chi connectivity index (χ1v) is 8.53. The molecule has 5 heteroatoms. The Morgan fingerprint density at radius 3 is 2.35 bits per heavy atom. The molecule has 0 aromatic heterocycles. The molecule has 0 aliphatic carbocycles. The topological polar surface area (TPSA) is 56.2 Å². The second-order valence-corrected chi connectivity index (χ2v) is 7.03. The van der Waals surface area contributed by atoms with Gasteiger partial charge in [0.2, 0.25) is 0 Å². The summed E-state index contributed by atoms with van der Waals surface area (Å²) in [5.41, 5.74) is 0.311. The molecule has 5 nitrogen and oxygen atoms in total. The minimum Gasteiger partial charge on any atom is -0.497 e. The number of aliphatic hydroxyl groups excluding tert-OH is 1. The fourth-order valence-electron chi connectivity index (χ4n) is 3.66. The van der Waals surface area contributed by atoms with Crippen LogP contribution in [-0.2, 0) is 0 Å². The Labute approximate surface area is 138 Å². The normalized spacial score (nSPS) is 30.4. The molecule has 2 fully saturated rings. The van der Waals surface area contributed by atoms with E-state index in [0.717, 1.165) is 38.2 Å². The minimum atomic E-state index is -0.930. The molecule has 128 valence electrons. The van der Waals surface area contributed by atoms with Crippen molar-refractivity contribution >= 4 is 5.69 Å². The second-order valence-electron chi connectivity index (χ2n) is 7.03. The van der Waals surface area contributed by atoms with Crippen LogP contribution in [0, 0.1) is 0 Å². The molecule has 0 radical (unpaired) electrons. The third kappa shape index (κ3) is 3.62. The molecular weight excluding hydrogens is 292 g/mol. The van der Waals surface area contributed by atoms with Crippen LogP contribution in [0.5, 0.6) is 5.75 Å². The summed E-state index contributed by atoms with van der Waals surface area (Å²) in [7, 11) is 1.69. The summed E-state index contributed by atoms with van der Waals surface area (Å²) >= 11 is 0. The van der Waals surface area contributed by atoms with Crippen LogP contribution in [0.4, 0.5) is 5.69 Å². The van der Waals surface area contributed by atoms with Gasteiger partial charge in [-0.2, -0.15) is 0 Å². The van der Waals surface area contributed by atoms with Crippen molar-refractivity contribution in [3.05, 3.63) is 24.3 Å². The number of anilines is 1. The largest absolute Gasteiger partial charge is 0.497 e. The number of rotatable bonds is 3. The molecule has 0 unspecified atom stereocenters. The smallest absolute Gasteiger partial charge is 0.119 e. The summed E-state index contributed by atoms with van der Waals surface area (Å²) in [6.45, 7) is 5.25.